The highest BCUT2D eigenvalue weighted by molar-refractivity contribution is 5.92. The molecule has 3 heterocycles. The molecule has 2 aliphatic rings. The lowest BCUT2D eigenvalue weighted by Gasteiger charge is -2.22. The molecule has 0 N–H and O–H groups in total. The summed E-state index contributed by atoms with van der Waals surface area (Å²) in [4.78, 5) is 25.1. The van der Waals surface area contributed by atoms with E-state index in [9.17, 15) is 4.79 Å². The molecule has 6 heteroatoms. The van der Waals surface area contributed by atoms with Crippen molar-refractivity contribution in [2.45, 2.75) is 25.4 Å². The molecule has 1 aromatic carbocycles. The third-order valence-electron chi connectivity index (χ3n) is 4.82. The standard InChI is InChI=1S/C19H22N4O2/c1-22(13-15-10-14-6-2-3-7-17(14)25-15)18-12-20-11-16(21-18)19(24)23-8-4-5-9-23/h2-3,6-7,11-12,15H,4-5,8-10,13H2,1H3. The second-order valence-corrected chi connectivity index (χ2v) is 6.69. The Balaban J connectivity index is 1.43. The molecule has 1 fully saturated rings. The van der Waals surface area contributed by atoms with Gasteiger partial charge in [0.15, 0.2) is 0 Å². The minimum Gasteiger partial charge on any atom is -0.488 e. The quantitative estimate of drug-likeness (QED) is 0.855. The highest BCUT2D eigenvalue weighted by Crippen LogP contribution is 2.28. The number of hydrogen-bond donors (Lipinski definition) is 0. The fraction of sp³-hybridized carbons (Fsp3) is 0.421. The lowest BCUT2D eigenvalue weighted by Crippen LogP contribution is -2.33. The first kappa shape index (κ1) is 15.9. The minimum absolute atomic E-state index is 0.0234. The molecule has 1 atom stereocenters. The highest BCUT2D eigenvalue weighted by Gasteiger charge is 2.25. The first-order valence-electron chi connectivity index (χ1n) is 8.78. The van der Waals surface area contributed by atoms with Gasteiger partial charge in [0.25, 0.3) is 5.91 Å². The van der Waals surface area contributed by atoms with Crippen LogP contribution in [-0.2, 0) is 6.42 Å². The van der Waals surface area contributed by atoms with Crippen LogP contribution in [0.25, 0.3) is 0 Å². The smallest absolute Gasteiger partial charge is 0.274 e. The van der Waals surface area contributed by atoms with Crippen LogP contribution in [0.15, 0.2) is 36.7 Å². The predicted octanol–water partition coefficient (Wildman–Crippen LogP) is 2.15. The van der Waals surface area contributed by atoms with Crippen molar-refractivity contribution < 1.29 is 9.53 Å². The van der Waals surface area contributed by atoms with Crippen molar-refractivity contribution in [2.75, 3.05) is 31.6 Å². The molecule has 1 aromatic heterocycles. The molecular formula is C19H22N4O2. The van der Waals surface area contributed by atoms with E-state index in [2.05, 4.69) is 16.0 Å². The number of benzene rings is 1. The lowest BCUT2D eigenvalue weighted by atomic mass is 10.1. The molecule has 25 heavy (non-hydrogen) atoms. The van der Waals surface area contributed by atoms with E-state index >= 15 is 0 Å². The van der Waals surface area contributed by atoms with Crippen LogP contribution in [0.5, 0.6) is 5.75 Å². The van der Waals surface area contributed by atoms with Gasteiger partial charge >= 0.3 is 0 Å². The largest absolute Gasteiger partial charge is 0.488 e. The number of aromatic nitrogens is 2. The first-order chi connectivity index (χ1) is 12.2. The van der Waals surface area contributed by atoms with Crippen LogP contribution in [0, 0.1) is 0 Å². The van der Waals surface area contributed by atoms with E-state index in [4.69, 9.17) is 4.74 Å². The Morgan fingerprint density at radius 2 is 2.08 bits per heavy atom. The van der Waals surface area contributed by atoms with Crippen LogP contribution in [0.2, 0.25) is 0 Å². The maximum Gasteiger partial charge on any atom is 0.274 e. The minimum atomic E-state index is -0.0234. The Morgan fingerprint density at radius 3 is 2.88 bits per heavy atom. The Morgan fingerprint density at radius 1 is 1.28 bits per heavy atom. The summed E-state index contributed by atoms with van der Waals surface area (Å²) in [6.45, 7) is 2.33. The second kappa shape index (κ2) is 6.70. The fourth-order valence-electron chi connectivity index (χ4n) is 3.48. The van der Waals surface area contributed by atoms with Gasteiger partial charge in [-0.3, -0.25) is 9.78 Å². The molecule has 4 rings (SSSR count). The van der Waals surface area contributed by atoms with E-state index in [-0.39, 0.29) is 12.0 Å². The van der Waals surface area contributed by atoms with Gasteiger partial charge in [-0.1, -0.05) is 18.2 Å². The van der Waals surface area contributed by atoms with Gasteiger partial charge in [-0.25, -0.2) is 4.98 Å². The summed E-state index contributed by atoms with van der Waals surface area (Å²) >= 11 is 0. The average molecular weight is 338 g/mol. The number of anilines is 1. The summed E-state index contributed by atoms with van der Waals surface area (Å²) in [5.74, 6) is 1.64. The molecule has 1 unspecified atom stereocenters. The zero-order valence-corrected chi connectivity index (χ0v) is 14.4. The Bertz CT molecular complexity index is 749. The number of carbonyl (C=O) groups is 1. The summed E-state index contributed by atoms with van der Waals surface area (Å²) in [6.07, 6.45) is 6.36. The number of para-hydroxylation sites is 1. The SMILES string of the molecule is CN(CC1Cc2ccccc2O1)c1cncc(C(=O)N2CCCC2)n1. The zero-order valence-electron chi connectivity index (χ0n) is 14.4. The number of amides is 1. The third kappa shape index (κ3) is 3.29. The van der Waals surface area contributed by atoms with Crippen molar-refractivity contribution in [3.8, 4) is 5.75 Å². The average Bonchev–Trinajstić information content (AvgIpc) is 3.30. The van der Waals surface area contributed by atoms with Crippen molar-refractivity contribution >= 4 is 11.7 Å². The number of ether oxygens (including phenoxy) is 1. The van der Waals surface area contributed by atoms with Gasteiger partial charge in [0.2, 0.25) is 0 Å². The third-order valence-corrected chi connectivity index (χ3v) is 4.82. The maximum absolute atomic E-state index is 12.5. The lowest BCUT2D eigenvalue weighted by molar-refractivity contribution is 0.0786. The molecule has 0 saturated carbocycles. The number of likely N-dealkylation sites (tertiary alicyclic amines) is 1. The molecule has 0 aliphatic carbocycles. The van der Waals surface area contributed by atoms with E-state index in [1.807, 2.05) is 35.0 Å². The maximum atomic E-state index is 12.5. The number of hydrogen-bond acceptors (Lipinski definition) is 5. The summed E-state index contributed by atoms with van der Waals surface area (Å²) < 4.78 is 5.99. The zero-order chi connectivity index (χ0) is 17.2. The van der Waals surface area contributed by atoms with Crippen LogP contribution < -0.4 is 9.64 Å². The predicted molar refractivity (Wildman–Crippen MR) is 95.0 cm³/mol. The number of fused-ring (bicyclic) bond motifs is 1. The van der Waals surface area contributed by atoms with Crippen LogP contribution in [-0.4, -0.2) is 53.6 Å². The van der Waals surface area contributed by atoms with Crippen molar-refractivity contribution in [2.24, 2.45) is 0 Å². The van der Waals surface area contributed by atoms with Gasteiger partial charge in [-0.15, -0.1) is 0 Å². The van der Waals surface area contributed by atoms with E-state index in [1.165, 1.54) is 5.56 Å². The first-order valence-corrected chi connectivity index (χ1v) is 8.78. The molecule has 1 saturated heterocycles. The number of likely N-dealkylation sites (N-methyl/N-ethyl adjacent to an activating group) is 1. The molecule has 6 nitrogen and oxygen atoms in total. The van der Waals surface area contributed by atoms with Gasteiger partial charge < -0.3 is 14.5 Å². The van der Waals surface area contributed by atoms with Gasteiger partial charge in [-0.2, -0.15) is 0 Å². The van der Waals surface area contributed by atoms with Crippen LogP contribution >= 0.6 is 0 Å². The molecule has 2 aliphatic heterocycles. The van der Waals surface area contributed by atoms with E-state index in [1.54, 1.807) is 12.4 Å². The van der Waals surface area contributed by atoms with Crippen molar-refractivity contribution in [1.29, 1.82) is 0 Å². The fourth-order valence-corrected chi connectivity index (χ4v) is 3.48. The molecule has 0 radical (unpaired) electrons. The number of rotatable bonds is 4. The molecule has 0 bridgehead atoms. The topological polar surface area (TPSA) is 58.6 Å². The summed E-state index contributed by atoms with van der Waals surface area (Å²) in [5.41, 5.74) is 1.66. The summed E-state index contributed by atoms with van der Waals surface area (Å²) in [7, 11) is 1.96. The summed E-state index contributed by atoms with van der Waals surface area (Å²) in [5, 5.41) is 0. The Labute approximate surface area is 147 Å². The van der Waals surface area contributed by atoms with Gasteiger partial charge in [0.1, 0.15) is 23.4 Å². The second-order valence-electron chi connectivity index (χ2n) is 6.69. The molecular weight excluding hydrogens is 316 g/mol. The van der Waals surface area contributed by atoms with Crippen LogP contribution in [0.1, 0.15) is 28.9 Å². The molecule has 1 amide bonds. The van der Waals surface area contributed by atoms with Crippen LogP contribution in [0.4, 0.5) is 5.82 Å². The van der Waals surface area contributed by atoms with E-state index in [0.717, 1.165) is 38.1 Å². The van der Waals surface area contributed by atoms with Crippen molar-refractivity contribution in [3.05, 3.63) is 47.9 Å². The normalized spacial score (nSPS) is 18.8. The van der Waals surface area contributed by atoms with Crippen molar-refractivity contribution in [3.63, 3.8) is 0 Å². The van der Waals surface area contributed by atoms with Crippen molar-refractivity contribution in [1.82, 2.24) is 14.9 Å². The summed E-state index contributed by atoms with van der Waals surface area (Å²) in [6, 6.07) is 8.13. The Kier molecular flexibility index (Phi) is 4.26. The van der Waals surface area contributed by atoms with Gasteiger partial charge in [-0.05, 0) is 24.5 Å². The Hall–Kier alpha value is -2.63. The van der Waals surface area contributed by atoms with E-state index in [0.29, 0.717) is 18.1 Å². The number of nitrogens with zero attached hydrogens (tertiary/aromatic N) is 4. The van der Waals surface area contributed by atoms with Gasteiger partial charge in [0, 0.05) is 26.6 Å². The van der Waals surface area contributed by atoms with Gasteiger partial charge in [0.05, 0.1) is 18.9 Å². The monoisotopic (exact) mass is 338 g/mol. The number of carbonyl (C=O) groups excluding carboxylic acids is 1. The molecule has 2 aromatic rings. The van der Waals surface area contributed by atoms with E-state index < -0.39 is 0 Å². The van der Waals surface area contributed by atoms with Crippen LogP contribution in [0.3, 0.4) is 0 Å². The highest BCUT2D eigenvalue weighted by atomic mass is 16.5. The molecule has 130 valence electrons. The molecule has 0 spiro atoms.